The van der Waals surface area contributed by atoms with Gasteiger partial charge in [-0.25, -0.2) is 4.98 Å². The summed E-state index contributed by atoms with van der Waals surface area (Å²) in [4.78, 5) is 4.58. The van der Waals surface area contributed by atoms with Gasteiger partial charge in [0.15, 0.2) is 0 Å². The van der Waals surface area contributed by atoms with Crippen LogP contribution in [0.1, 0.15) is 43.8 Å². The van der Waals surface area contributed by atoms with E-state index in [1.165, 1.54) is 12.8 Å². The van der Waals surface area contributed by atoms with E-state index in [2.05, 4.69) is 24.2 Å². The smallest absolute Gasteiger partial charge is 0.113 e. The van der Waals surface area contributed by atoms with E-state index in [1.54, 1.807) is 11.3 Å². The molecule has 3 heteroatoms. The van der Waals surface area contributed by atoms with Crippen LogP contribution in [0.15, 0.2) is 5.38 Å². The van der Waals surface area contributed by atoms with Crippen molar-refractivity contribution in [1.82, 2.24) is 4.98 Å². The molecule has 2 N–H and O–H groups in total. The predicted octanol–water partition coefficient (Wildman–Crippen LogP) is 3.06. The maximum absolute atomic E-state index is 6.58. The Balaban J connectivity index is 2.30. The Morgan fingerprint density at radius 1 is 1.47 bits per heavy atom. The SMILES string of the molecule is Cc1csc(C2(N)CC(C)CCC2C)n1. The predicted molar refractivity (Wildman–Crippen MR) is 64.9 cm³/mol. The number of hydrogen-bond acceptors (Lipinski definition) is 3. The molecule has 0 spiro atoms. The fourth-order valence-corrected chi connectivity index (χ4v) is 3.57. The quantitative estimate of drug-likeness (QED) is 0.796. The van der Waals surface area contributed by atoms with Crippen molar-refractivity contribution in [2.45, 2.75) is 45.6 Å². The molecule has 1 aromatic heterocycles. The first kappa shape index (κ1) is 11.1. The molecule has 1 heterocycles. The van der Waals surface area contributed by atoms with E-state index in [-0.39, 0.29) is 5.54 Å². The minimum atomic E-state index is -0.170. The van der Waals surface area contributed by atoms with Crippen molar-refractivity contribution in [1.29, 1.82) is 0 Å². The summed E-state index contributed by atoms with van der Waals surface area (Å²) in [6.07, 6.45) is 3.63. The van der Waals surface area contributed by atoms with Crippen LogP contribution in [0.3, 0.4) is 0 Å². The van der Waals surface area contributed by atoms with Gasteiger partial charge in [0.25, 0.3) is 0 Å². The Hall–Kier alpha value is -0.410. The molecule has 0 amide bonds. The first-order valence-corrected chi connectivity index (χ1v) is 6.62. The third-order valence-electron chi connectivity index (χ3n) is 3.68. The van der Waals surface area contributed by atoms with Gasteiger partial charge in [0.1, 0.15) is 5.01 Å². The molecule has 2 nitrogen and oxygen atoms in total. The normalized spacial score (nSPS) is 36.8. The van der Waals surface area contributed by atoms with Crippen LogP contribution in [0.4, 0.5) is 0 Å². The number of nitrogens with two attached hydrogens (primary N) is 1. The summed E-state index contributed by atoms with van der Waals surface area (Å²) in [5.41, 5.74) is 7.51. The molecule has 84 valence electrons. The molecule has 0 aromatic carbocycles. The minimum absolute atomic E-state index is 0.170. The van der Waals surface area contributed by atoms with Gasteiger partial charge in [-0.05, 0) is 31.6 Å². The van der Waals surface area contributed by atoms with Crippen molar-refractivity contribution in [2.75, 3.05) is 0 Å². The lowest BCUT2D eigenvalue weighted by Crippen LogP contribution is -2.47. The number of aryl methyl sites for hydroxylation is 1. The van der Waals surface area contributed by atoms with Gasteiger partial charge < -0.3 is 5.73 Å². The molecular weight excluding hydrogens is 204 g/mol. The number of nitrogens with zero attached hydrogens (tertiary/aromatic N) is 1. The van der Waals surface area contributed by atoms with Gasteiger partial charge in [-0.2, -0.15) is 0 Å². The average Bonchev–Trinajstić information content (AvgIpc) is 2.59. The Labute approximate surface area is 95.9 Å². The number of rotatable bonds is 1. The largest absolute Gasteiger partial charge is 0.319 e. The van der Waals surface area contributed by atoms with Crippen LogP contribution >= 0.6 is 11.3 Å². The van der Waals surface area contributed by atoms with Gasteiger partial charge in [-0.15, -0.1) is 11.3 Å². The molecular formula is C12H20N2S. The van der Waals surface area contributed by atoms with E-state index in [0.29, 0.717) is 5.92 Å². The Kier molecular flexibility index (Phi) is 2.86. The molecule has 3 unspecified atom stereocenters. The van der Waals surface area contributed by atoms with Gasteiger partial charge in [0.2, 0.25) is 0 Å². The summed E-state index contributed by atoms with van der Waals surface area (Å²) < 4.78 is 0. The topological polar surface area (TPSA) is 38.9 Å². The highest BCUT2D eigenvalue weighted by atomic mass is 32.1. The van der Waals surface area contributed by atoms with Crippen molar-refractivity contribution in [3.8, 4) is 0 Å². The maximum atomic E-state index is 6.58. The van der Waals surface area contributed by atoms with Gasteiger partial charge in [0.05, 0.1) is 5.54 Å². The van der Waals surface area contributed by atoms with Crippen LogP contribution < -0.4 is 5.73 Å². The van der Waals surface area contributed by atoms with Crippen molar-refractivity contribution >= 4 is 11.3 Å². The van der Waals surface area contributed by atoms with Gasteiger partial charge in [0, 0.05) is 11.1 Å². The average molecular weight is 224 g/mol. The zero-order valence-corrected chi connectivity index (χ0v) is 10.6. The summed E-state index contributed by atoms with van der Waals surface area (Å²) in [6, 6.07) is 0. The highest BCUT2D eigenvalue weighted by Gasteiger charge is 2.40. The molecule has 1 fully saturated rings. The highest BCUT2D eigenvalue weighted by Crippen LogP contribution is 2.42. The van der Waals surface area contributed by atoms with E-state index < -0.39 is 0 Å². The molecule has 1 aliphatic carbocycles. The molecule has 3 atom stereocenters. The van der Waals surface area contributed by atoms with E-state index >= 15 is 0 Å². The van der Waals surface area contributed by atoms with Crippen LogP contribution in [0, 0.1) is 18.8 Å². The maximum Gasteiger partial charge on any atom is 0.113 e. The summed E-state index contributed by atoms with van der Waals surface area (Å²) in [7, 11) is 0. The molecule has 2 rings (SSSR count). The molecule has 0 radical (unpaired) electrons. The Morgan fingerprint density at radius 3 is 2.80 bits per heavy atom. The second-order valence-electron chi connectivity index (χ2n) is 5.12. The summed E-state index contributed by atoms with van der Waals surface area (Å²) >= 11 is 1.72. The monoisotopic (exact) mass is 224 g/mol. The molecule has 0 saturated heterocycles. The van der Waals surface area contributed by atoms with Gasteiger partial charge in [-0.3, -0.25) is 0 Å². The van der Waals surface area contributed by atoms with Crippen LogP contribution in [0.25, 0.3) is 0 Å². The van der Waals surface area contributed by atoms with Gasteiger partial charge >= 0.3 is 0 Å². The zero-order valence-electron chi connectivity index (χ0n) is 9.79. The lowest BCUT2D eigenvalue weighted by molar-refractivity contribution is 0.161. The van der Waals surface area contributed by atoms with Crippen molar-refractivity contribution in [2.24, 2.45) is 17.6 Å². The fraction of sp³-hybridized carbons (Fsp3) is 0.750. The molecule has 1 aromatic rings. The standard InChI is InChI=1S/C12H20N2S/c1-8-4-5-9(2)12(13,6-8)11-14-10(3)7-15-11/h7-9H,4-6,13H2,1-3H3. The highest BCUT2D eigenvalue weighted by molar-refractivity contribution is 7.09. The van der Waals surface area contributed by atoms with E-state index in [1.807, 2.05) is 6.92 Å². The van der Waals surface area contributed by atoms with E-state index in [9.17, 15) is 0 Å². The second kappa shape index (κ2) is 3.87. The minimum Gasteiger partial charge on any atom is -0.319 e. The third kappa shape index (κ3) is 1.95. The van der Waals surface area contributed by atoms with Crippen molar-refractivity contribution in [3.05, 3.63) is 16.1 Å². The Morgan fingerprint density at radius 2 is 2.20 bits per heavy atom. The van der Waals surface area contributed by atoms with Crippen LogP contribution in [0.2, 0.25) is 0 Å². The second-order valence-corrected chi connectivity index (χ2v) is 5.98. The van der Waals surface area contributed by atoms with E-state index in [4.69, 9.17) is 5.73 Å². The molecule has 0 bridgehead atoms. The lowest BCUT2D eigenvalue weighted by atomic mass is 9.70. The van der Waals surface area contributed by atoms with Crippen molar-refractivity contribution in [3.63, 3.8) is 0 Å². The van der Waals surface area contributed by atoms with Crippen LogP contribution in [-0.4, -0.2) is 4.98 Å². The number of thiazole rings is 1. The number of hydrogen-bond donors (Lipinski definition) is 1. The molecule has 0 aliphatic heterocycles. The van der Waals surface area contributed by atoms with Gasteiger partial charge in [-0.1, -0.05) is 20.3 Å². The molecule has 1 aliphatic rings. The van der Waals surface area contributed by atoms with Crippen LogP contribution in [0.5, 0.6) is 0 Å². The molecule has 15 heavy (non-hydrogen) atoms. The number of aromatic nitrogens is 1. The first-order chi connectivity index (χ1) is 7.02. The lowest BCUT2D eigenvalue weighted by Gasteiger charge is -2.40. The van der Waals surface area contributed by atoms with Crippen LogP contribution in [-0.2, 0) is 5.54 Å². The first-order valence-electron chi connectivity index (χ1n) is 5.74. The summed E-state index contributed by atoms with van der Waals surface area (Å²) in [5.74, 6) is 1.29. The third-order valence-corrected chi connectivity index (χ3v) is 4.83. The summed E-state index contributed by atoms with van der Waals surface area (Å²) in [5, 5.41) is 3.25. The van der Waals surface area contributed by atoms with Crippen molar-refractivity contribution < 1.29 is 0 Å². The zero-order chi connectivity index (χ0) is 11.1. The molecule has 1 saturated carbocycles. The fourth-order valence-electron chi connectivity index (χ4n) is 2.54. The summed E-state index contributed by atoms with van der Waals surface area (Å²) in [6.45, 7) is 6.61. The van der Waals surface area contributed by atoms with E-state index in [0.717, 1.165) is 23.0 Å². The Bertz CT molecular complexity index is 347.